The number of rotatable bonds is 6. The van der Waals surface area contributed by atoms with Gasteiger partial charge in [0.15, 0.2) is 0 Å². The minimum absolute atomic E-state index is 0.0774. The fourth-order valence-corrected chi connectivity index (χ4v) is 13.9. The Bertz CT molecular complexity index is 3020. The first kappa shape index (κ1) is 36.2. The van der Waals surface area contributed by atoms with Gasteiger partial charge in [-0.1, -0.05) is 172 Å². The fourth-order valence-electron chi connectivity index (χ4n) is 13.9. The van der Waals surface area contributed by atoms with Gasteiger partial charge in [-0.15, -0.1) is 0 Å². The Morgan fingerprint density at radius 1 is 0.371 bits per heavy atom. The van der Waals surface area contributed by atoms with E-state index in [-0.39, 0.29) is 10.8 Å². The van der Waals surface area contributed by atoms with E-state index in [0.29, 0.717) is 11.8 Å². The lowest BCUT2D eigenvalue weighted by atomic mass is 9.43. The second-order valence-electron chi connectivity index (χ2n) is 19.7. The van der Waals surface area contributed by atoms with Crippen molar-refractivity contribution in [3.05, 3.63) is 210 Å². The molecule has 300 valence electrons. The summed E-state index contributed by atoms with van der Waals surface area (Å²) in [6.07, 6.45) is 6.95. The van der Waals surface area contributed by atoms with Crippen molar-refractivity contribution in [1.29, 1.82) is 0 Å². The maximum absolute atomic E-state index is 2.60. The van der Waals surface area contributed by atoms with Crippen LogP contribution in [0.15, 0.2) is 188 Å². The van der Waals surface area contributed by atoms with Crippen LogP contribution < -0.4 is 4.90 Å². The van der Waals surface area contributed by atoms with Crippen LogP contribution in [0.2, 0.25) is 0 Å². The van der Waals surface area contributed by atoms with Crippen LogP contribution in [0.5, 0.6) is 0 Å². The molecule has 8 aromatic carbocycles. The number of para-hydroxylation sites is 1. The molecule has 0 saturated heterocycles. The molecule has 4 saturated carbocycles. The Morgan fingerprint density at radius 3 is 1.65 bits per heavy atom. The second kappa shape index (κ2) is 13.5. The summed E-state index contributed by atoms with van der Waals surface area (Å²) in [5, 5.41) is 0. The SMILES string of the molecule is CC1(C)c2ccccc2-c2ccc(N(c3ccc4c(c3)-c3c(-c5ccccc5)cccc3C43C4CC5CC(C4)CC3C5)c3ccccc3-c3ccc(-c4ccccc4)cc3)cc21. The highest BCUT2D eigenvalue weighted by Gasteiger charge is 2.62. The molecule has 0 aromatic heterocycles. The lowest BCUT2D eigenvalue weighted by molar-refractivity contribution is -0.0399. The molecular formula is C61H51N. The molecule has 62 heavy (non-hydrogen) atoms. The van der Waals surface area contributed by atoms with Gasteiger partial charge in [0, 0.05) is 27.8 Å². The Kier molecular flexibility index (Phi) is 7.91. The molecule has 0 unspecified atom stereocenters. The molecule has 0 atom stereocenters. The predicted molar refractivity (Wildman–Crippen MR) is 258 cm³/mol. The molecule has 0 N–H and O–H groups in total. The van der Waals surface area contributed by atoms with Crippen molar-refractivity contribution in [2.75, 3.05) is 4.90 Å². The minimum Gasteiger partial charge on any atom is -0.310 e. The van der Waals surface area contributed by atoms with Crippen LogP contribution in [-0.2, 0) is 10.8 Å². The van der Waals surface area contributed by atoms with Crippen molar-refractivity contribution in [1.82, 2.24) is 0 Å². The maximum Gasteiger partial charge on any atom is 0.0540 e. The third-order valence-electron chi connectivity index (χ3n) is 16.3. The first-order chi connectivity index (χ1) is 30.5. The van der Waals surface area contributed by atoms with Crippen molar-refractivity contribution >= 4 is 17.1 Å². The van der Waals surface area contributed by atoms with Gasteiger partial charge in [0.25, 0.3) is 0 Å². The molecule has 14 rings (SSSR count). The predicted octanol–water partition coefficient (Wildman–Crippen LogP) is 16.2. The molecule has 6 aliphatic carbocycles. The number of hydrogen-bond donors (Lipinski definition) is 0. The van der Waals surface area contributed by atoms with E-state index in [0.717, 1.165) is 11.8 Å². The zero-order valence-corrected chi connectivity index (χ0v) is 35.7. The van der Waals surface area contributed by atoms with E-state index in [1.807, 2.05) is 0 Å². The zero-order chi connectivity index (χ0) is 41.2. The molecule has 0 radical (unpaired) electrons. The summed E-state index contributed by atoms with van der Waals surface area (Å²) in [4.78, 5) is 2.58. The molecule has 1 nitrogen and oxygen atoms in total. The van der Waals surface area contributed by atoms with Gasteiger partial charge in [0.2, 0.25) is 0 Å². The monoisotopic (exact) mass is 797 g/mol. The normalized spacial score (nSPS) is 22.9. The van der Waals surface area contributed by atoms with E-state index >= 15 is 0 Å². The maximum atomic E-state index is 2.60. The van der Waals surface area contributed by atoms with Gasteiger partial charge in [-0.25, -0.2) is 0 Å². The lowest BCUT2D eigenvalue weighted by Crippen LogP contribution is -2.55. The first-order valence-corrected chi connectivity index (χ1v) is 23.1. The van der Waals surface area contributed by atoms with Gasteiger partial charge < -0.3 is 4.90 Å². The summed E-state index contributed by atoms with van der Waals surface area (Å²) in [6.45, 7) is 4.80. The topological polar surface area (TPSA) is 3.24 Å². The molecule has 0 aliphatic heterocycles. The van der Waals surface area contributed by atoms with Gasteiger partial charge in [0.1, 0.15) is 0 Å². The van der Waals surface area contributed by atoms with Crippen LogP contribution in [0, 0.1) is 23.7 Å². The molecule has 4 fully saturated rings. The van der Waals surface area contributed by atoms with Gasteiger partial charge in [0.05, 0.1) is 5.69 Å². The Morgan fingerprint density at radius 2 is 0.903 bits per heavy atom. The number of fused-ring (bicyclic) bond motifs is 6. The molecule has 1 heteroatoms. The van der Waals surface area contributed by atoms with Crippen LogP contribution >= 0.6 is 0 Å². The zero-order valence-electron chi connectivity index (χ0n) is 35.7. The molecule has 6 aliphatic rings. The number of hydrogen-bond acceptors (Lipinski definition) is 1. The highest BCUT2D eigenvalue weighted by Crippen LogP contribution is 2.70. The summed E-state index contributed by atoms with van der Waals surface area (Å²) in [6, 6.07) is 71.4. The van der Waals surface area contributed by atoms with Gasteiger partial charge >= 0.3 is 0 Å². The van der Waals surface area contributed by atoms with Gasteiger partial charge in [-0.3, -0.25) is 0 Å². The molecule has 0 heterocycles. The Balaban J connectivity index is 1.04. The first-order valence-electron chi connectivity index (χ1n) is 23.1. The largest absolute Gasteiger partial charge is 0.310 e. The molecule has 4 bridgehead atoms. The summed E-state index contributed by atoms with van der Waals surface area (Å²) in [5.74, 6) is 3.20. The smallest absolute Gasteiger partial charge is 0.0540 e. The van der Waals surface area contributed by atoms with Crippen molar-refractivity contribution in [3.8, 4) is 55.6 Å². The Labute approximate surface area is 366 Å². The van der Waals surface area contributed by atoms with E-state index in [4.69, 9.17) is 0 Å². The number of anilines is 3. The van der Waals surface area contributed by atoms with Crippen LogP contribution in [0.25, 0.3) is 55.6 Å². The van der Waals surface area contributed by atoms with Crippen LogP contribution in [0.3, 0.4) is 0 Å². The quantitative estimate of drug-likeness (QED) is 0.162. The van der Waals surface area contributed by atoms with E-state index in [9.17, 15) is 0 Å². The molecular weight excluding hydrogens is 747 g/mol. The van der Waals surface area contributed by atoms with Crippen LogP contribution in [0.4, 0.5) is 17.1 Å². The number of benzene rings is 8. The second-order valence-corrected chi connectivity index (χ2v) is 19.7. The molecule has 1 spiro atoms. The highest BCUT2D eigenvalue weighted by atomic mass is 15.1. The third-order valence-corrected chi connectivity index (χ3v) is 16.3. The van der Waals surface area contributed by atoms with E-state index in [1.165, 1.54) is 116 Å². The highest BCUT2D eigenvalue weighted by molar-refractivity contribution is 5.97. The summed E-state index contributed by atoms with van der Waals surface area (Å²) < 4.78 is 0. The van der Waals surface area contributed by atoms with Crippen LogP contribution in [0.1, 0.15) is 68.2 Å². The lowest BCUT2D eigenvalue weighted by Gasteiger charge is -2.61. The average molecular weight is 798 g/mol. The van der Waals surface area contributed by atoms with Crippen molar-refractivity contribution in [2.45, 2.75) is 56.8 Å². The molecule has 0 amide bonds. The summed E-state index contributed by atoms with van der Waals surface area (Å²) >= 11 is 0. The fraction of sp³-hybridized carbons (Fsp3) is 0.213. The minimum atomic E-state index is -0.117. The van der Waals surface area contributed by atoms with Crippen LogP contribution in [-0.4, -0.2) is 0 Å². The van der Waals surface area contributed by atoms with E-state index < -0.39 is 0 Å². The Hall–Kier alpha value is -6.44. The van der Waals surface area contributed by atoms with Crippen molar-refractivity contribution in [3.63, 3.8) is 0 Å². The standard InChI is InChI=1S/C61H51N/c1-60(2)54-21-11-9-19-51(54)52-30-28-48(38-57(52)60)62(58-23-12-10-18-49(58)44-26-24-42(25-27-44)41-14-5-3-6-15-41)47-29-31-55-53(37-47)59-50(43-16-7-4-8-17-43)20-13-22-56(59)61(55)45-33-39-32-40(35-45)36-46(61)34-39/h3-31,37-40,45-46H,32-36H2,1-2H3. The summed E-state index contributed by atoms with van der Waals surface area (Å²) in [5.41, 5.74) is 22.7. The summed E-state index contributed by atoms with van der Waals surface area (Å²) in [7, 11) is 0. The van der Waals surface area contributed by atoms with Gasteiger partial charge in [-0.05, 0) is 158 Å². The number of nitrogens with zero attached hydrogens (tertiary/aromatic N) is 1. The molecule has 8 aromatic rings. The van der Waals surface area contributed by atoms with E-state index in [1.54, 1.807) is 11.1 Å². The van der Waals surface area contributed by atoms with E-state index in [2.05, 4.69) is 207 Å². The van der Waals surface area contributed by atoms with Crippen molar-refractivity contribution in [2.24, 2.45) is 23.7 Å². The average Bonchev–Trinajstić information content (AvgIpc) is 3.74. The van der Waals surface area contributed by atoms with Gasteiger partial charge in [-0.2, -0.15) is 0 Å². The third kappa shape index (κ3) is 5.15. The van der Waals surface area contributed by atoms with Crippen molar-refractivity contribution < 1.29 is 0 Å².